The lowest BCUT2D eigenvalue weighted by Crippen LogP contribution is -2.22. The molecule has 0 unspecified atom stereocenters. The van der Waals surface area contributed by atoms with Crippen molar-refractivity contribution in [3.05, 3.63) is 35.0 Å². The van der Waals surface area contributed by atoms with Gasteiger partial charge < -0.3 is 4.42 Å². The van der Waals surface area contributed by atoms with E-state index in [-0.39, 0.29) is 5.76 Å². The van der Waals surface area contributed by atoms with Crippen LogP contribution in [-0.4, -0.2) is 12.5 Å². The van der Waals surface area contributed by atoms with E-state index in [1.54, 1.807) is 31.2 Å². The van der Waals surface area contributed by atoms with Crippen molar-refractivity contribution in [3.8, 4) is 0 Å². The topological polar surface area (TPSA) is 51.5 Å². The van der Waals surface area contributed by atoms with Gasteiger partial charge in [-0.2, -0.15) is 0 Å². The fourth-order valence-corrected chi connectivity index (χ4v) is 1.49. The van der Waals surface area contributed by atoms with Gasteiger partial charge in [-0.1, -0.05) is 11.6 Å². The SMILES string of the molecule is CCONC(=O)c1cc2cc(Cl)ccc2o1. The molecule has 0 bridgehead atoms. The van der Waals surface area contributed by atoms with Crippen molar-refractivity contribution in [1.82, 2.24) is 5.48 Å². The molecule has 0 aliphatic carbocycles. The van der Waals surface area contributed by atoms with Gasteiger partial charge in [-0.3, -0.25) is 9.63 Å². The molecule has 84 valence electrons. The van der Waals surface area contributed by atoms with E-state index in [9.17, 15) is 4.79 Å². The van der Waals surface area contributed by atoms with E-state index in [0.29, 0.717) is 17.2 Å². The van der Waals surface area contributed by atoms with Crippen LogP contribution >= 0.6 is 11.6 Å². The summed E-state index contributed by atoms with van der Waals surface area (Å²) in [6.45, 7) is 2.18. The first-order valence-electron chi connectivity index (χ1n) is 4.82. The highest BCUT2D eigenvalue weighted by molar-refractivity contribution is 6.31. The van der Waals surface area contributed by atoms with E-state index in [4.69, 9.17) is 20.9 Å². The van der Waals surface area contributed by atoms with Gasteiger partial charge in [-0.05, 0) is 31.2 Å². The quantitative estimate of drug-likeness (QED) is 0.838. The van der Waals surface area contributed by atoms with Crippen LogP contribution in [0.3, 0.4) is 0 Å². The van der Waals surface area contributed by atoms with Crippen molar-refractivity contribution in [2.75, 3.05) is 6.61 Å². The van der Waals surface area contributed by atoms with Gasteiger partial charge in [0.1, 0.15) is 5.58 Å². The summed E-state index contributed by atoms with van der Waals surface area (Å²) in [4.78, 5) is 16.3. The zero-order valence-electron chi connectivity index (χ0n) is 8.62. The fourth-order valence-electron chi connectivity index (χ4n) is 1.31. The molecule has 0 spiro atoms. The number of hydrogen-bond acceptors (Lipinski definition) is 3. The maximum atomic E-state index is 11.5. The van der Waals surface area contributed by atoms with Gasteiger partial charge in [0.15, 0.2) is 5.76 Å². The van der Waals surface area contributed by atoms with Crippen LogP contribution < -0.4 is 5.48 Å². The Hall–Kier alpha value is -1.52. The van der Waals surface area contributed by atoms with Gasteiger partial charge in [0.25, 0.3) is 0 Å². The molecule has 16 heavy (non-hydrogen) atoms. The Kier molecular flexibility index (Phi) is 3.12. The number of carbonyl (C=O) groups is 1. The Labute approximate surface area is 97.1 Å². The molecule has 0 atom stereocenters. The molecular formula is C11H10ClNO3. The second kappa shape index (κ2) is 4.55. The van der Waals surface area contributed by atoms with Crippen LogP contribution in [0.5, 0.6) is 0 Å². The van der Waals surface area contributed by atoms with Crippen molar-refractivity contribution < 1.29 is 14.0 Å². The third kappa shape index (κ3) is 2.18. The van der Waals surface area contributed by atoms with E-state index in [1.807, 2.05) is 0 Å². The minimum atomic E-state index is -0.408. The normalized spacial score (nSPS) is 10.6. The lowest BCUT2D eigenvalue weighted by molar-refractivity contribution is 0.0342. The molecule has 0 fully saturated rings. The Morgan fingerprint density at radius 3 is 3.06 bits per heavy atom. The van der Waals surface area contributed by atoms with Crippen LogP contribution in [-0.2, 0) is 4.84 Å². The molecular weight excluding hydrogens is 230 g/mol. The average Bonchev–Trinajstić information content (AvgIpc) is 2.68. The molecule has 1 aromatic heterocycles. The van der Waals surface area contributed by atoms with Crippen LogP contribution in [0.4, 0.5) is 0 Å². The maximum Gasteiger partial charge on any atom is 0.310 e. The van der Waals surface area contributed by atoms with E-state index in [2.05, 4.69) is 5.48 Å². The molecule has 2 rings (SSSR count). The molecule has 1 aromatic carbocycles. The molecule has 0 saturated heterocycles. The molecule has 0 aliphatic rings. The van der Waals surface area contributed by atoms with Crippen LogP contribution in [0.2, 0.25) is 5.02 Å². The Balaban J connectivity index is 2.28. The van der Waals surface area contributed by atoms with Crippen LogP contribution in [0.25, 0.3) is 11.0 Å². The van der Waals surface area contributed by atoms with Crippen molar-refractivity contribution in [2.45, 2.75) is 6.92 Å². The smallest absolute Gasteiger partial charge is 0.310 e. The second-order valence-corrected chi connectivity index (χ2v) is 3.59. The molecule has 2 aromatic rings. The summed E-state index contributed by atoms with van der Waals surface area (Å²) in [5, 5.41) is 1.39. The molecule has 5 heteroatoms. The van der Waals surface area contributed by atoms with Gasteiger partial charge >= 0.3 is 5.91 Å². The third-order valence-corrected chi connectivity index (χ3v) is 2.25. The van der Waals surface area contributed by atoms with Gasteiger partial charge in [0.2, 0.25) is 0 Å². The van der Waals surface area contributed by atoms with Crippen molar-refractivity contribution >= 4 is 28.5 Å². The standard InChI is InChI=1S/C11H10ClNO3/c1-2-15-13-11(14)10-6-7-5-8(12)3-4-9(7)16-10/h3-6H,2H2,1H3,(H,13,14). The number of nitrogens with one attached hydrogen (secondary N) is 1. The second-order valence-electron chi connectivity index (χ2n) is 3.16. The summed E-state index contributed by atoms with van der Waals surface area (Å²) < 4.78 is 5.33. The minimum absolute atomic E-state index is 0.200. The molecule has 1 N–H and O–H groups in total. The zero-order chi connectivity index (χ0) is 11.5. The highest BCUT2D eigenvalue weighted by Gasteiger charge is 2.11. The van der Waals surface area contributed by atoms with E-state index in [0.717, 1.165) is 5.39 Å². The summed E-state index contributed by atoms with van der Waals surface area (Å²) in [5.74, 6) is -0.208. The number of amides is 1. The third-order valence-electron chi connectivity index (χ3n) is 2.01. The number of halogens is 1. The molecule has 1 amide bonds. The maximum absolute atomic E-state index is 11.5. The monoisotopic (exact) mass is 239 g/mol. The Bertz CT molecular complexity index is 521. The highest BCUT2D eigenvalue weighted by Crippen LogP contribution is 2.22. The largest absolute Gasteiger partial charge is 0.451 e. The fraction of sp³-hybridized carbons (Fsp3) is 0.182. The number of rotatable bonds is 3. The van der Waals surface area contributed by atoms with Crippen LogP contribution in [0.1, 0.15) is 17.5 Å². The number of fused-ring (bicyclic) bond motifs is 1. The van der Waals surface area contributed by atoms with Gasteiger partial charge in [0, 0.05) is 10.4 Å². The minimum Gasteiger partial charge on any atom is -0.451 e. The lowest BCUT2D eigenvalue weighted by atomic mass is 10.2. The number of carbonyl (C=O) groups excluding carboxylic acids is 1. The predicted molar refractivity (Wildman–Crippen MR) is 60.3 cm³/mol. The average molecular weight is 240 g/mol. The van der Waals surface area contributed by atoms with Crippen molar-refractivity contribution in [3.63, 3.8) is 0 Å². The number of hydroxylamine groups is 1. The first kappa shape index (κ1) is 11.0. The molecule has 0 saturated carbocycles. The van der Waals surface area contributed by atoms with Gasteiger partial charge in [-0.25, -0.2) is 5.48 Å². The van der Waals surface area contributed by atoms with Crippen molar-refractivity contribution in [1.29, 1.82) is 0 Å². The van der Waals surface area contributed by atoms with E-state index >= 15 is 0 Å². The number of furan rings is 1. The lowest BCUT2D eigenvalue weighted by Gasteiger charge is -1.99. The van der Waals surface area contributed by atoms with Crippen LogP contribution in [0, 0.1) is 0 Å². The van der Waals surface area contributed by atoms with Gasteiger partial charge in [-0.15, -0.1) is 0 Å². The summed E-state index contributed by atoms with van der Waals surface area (Å²) in [5.41, 5.74) is 2.88. The van der Waals surface area contributed by atoms with Gasteiger partial charge in [0.05, 0.1) is 6.61 Å². The molecule has 0 radical (unpaired) electrons. The zero-order valence-corrected chi connectivity index (χ0v) is 9.38. The molecule has 1 heterocycles. The first-order valence-corrected chi connectivity index (χ1v) is 5.19. The molecule has 0 aliphatic heterocycles. The summed E-state index contributed by atoms with van der Waals surface area (Å²) >= 11 is 5.82. The summed E-state index contributed by atoms with van der Waals surface area (Å²) in [7, 11) is 0. The summed E-state index contributed by atoms with van der Waals surface area (Å²) in [6, 6.07) is 6.78. The Morgan fingerprint density at radius 2 is 2.31 bits per heavy atom. The number of hydrogen-bond donors (Lipinski definition) is 1. The molecule has 4 nitrogen and oxygen atoms in total. The van der Waals surface area contributed by atoms with Crippen LogP contribution in [0.15, 0.2) is 28.7 Å². The summed E-state index contributed by atoms with van der Waals surface area (Å²) in [6.07, 6.45) is 0. The first-order chi connectivity index (χ1) is 7.70. The van der Waals surface area contributed by atoms with E-state index in [1.165, 1.54) is 0 Å². The van der Waals surface area contributed by atoms with E-state index < -0.39 is 5.91 Å². The Morgan fingerprint density at radius 1 is 1.50 bits per heavy atom. The predicted octanol–water partition coefficient (Wildman–Crippen LogP) is 2.77. The number of benzene rings is 1. The van der Waals surface area contributed by atoms with Crippen molar-refractivity contribution in [2.24, 2.45) is 0 Å². The highest BCUT2D eigenvalue weighted by atomic mass is 35.5.